The van der Waals surface area contributed by atoms with Gasteiger partial charge in [0.1, 0.15) is 5.82 Å². The topological polar surface area (TPSA) is 79.5 Å². The molecule has 0 unspecified atom stereocenters. The molecule has 0 radical (unpaired) electrons. The van der Waals surface area contributed by atoms with Crippen LogP contribution < -0.4 is 10.6 Å². The van der Waals surface area contributed by atoms with Gasteiger partial charge in [0, 0.05) is 26.4 Å². The van der Waals surface area contributed by atoms with E-state index < -0.39 is 5.91 Å². The van der Waals surface area contributed by atoms with Crippen molar-refractivity contribution in [3.05, 3.63) is 23.9 Å². The summed E-state index contributed by atoms with van der Waals surface area (Å²) < 4.78 is 0. The summed E-state index contributed by atoms with van der Waals surface area (Å²) in [5, 5.41) is 8.66. The van der Waals surface area contributed by atoms with E-state index in [1.807, 2.05) is 11.9 Å². The molecule has 0 spiro atoms. The Morgan fingerprint density at radius 2 is 2.18 bits per heavy atom. The third-order valence-corrected chi connectivity index (χ3v) is 2.58. The van der Waals surface area contributed by atoms with Crippen LogP contribution in [-0.4, -0.2) is 36.2 Å². The Hall–Kier alpha value is -1.62. The molecule has 0 bridgehead atoms. The number of amides is 1. The summed E-state index contributed by atoms with van der Waals surface area (Å²) in [5.74, 6) is 0.355. The zero-order valence-corrected chi connectivity index (χ0v) is 10.1. The van der Waals surface area contributed by atoms with Crippen LogP contribution in [0.1, 0.15) is 29.6 Å². The number of carbonyl (C=O) groups excluding carboxylic acids is 1. The van der Waals surface area contributed by atoms with Gasteiger partial charge in [0.05, 0.1) is 5.56 Å². The quantitative estimate of drug-likeness (QED) is 0.687. The van der Waals surface area contributed by atoms with Crippen LogP contribution in [0.25, 0.3) is 0 Å². The van der Waals surface area contributed by atoms with Gasteiger partial charge in [-0.3, -0.25) is 4.79 Å². The first kappa shape index (κ1) is 13.4. The molecule has 0 aliphatic rings. The molecule has 3 N–H and O–H groups in total. The van der Waals surface area contributed by atoms with Crippen LogP contribution in [0, 0.1) is 0 Å². The largest absolute Gasteiger partial charge is 0.396 e. The van der Waals surface area contributed by atoms with Gasteiger partial charge >= 0.3 is 0 Å². The highest BCUT2D eigenvalue weighted by molar-refractivity contribution is 5.92. The third-order valence-electron chi connectivity index (χ3n) is 2.58. The normalized spacial score (nSPS) is 10.2. The smallest absolute Gasteiger partial charge is 0.250 e. The molecular formula is C12H19N3O2. The number of hydrogen-bond acceptors (Lipinski definition) is 4. The summed E-state index contributed by atoms with van der Waals surface area (Å²) in [6.07, 6.45) is 4.33. The fourth-order valence-corrected chi connectivity index (χ4v) is 1.51. The lowest BCUT2D eigenvalue weighted by Gasteiger charge is -2.17. The fraction of sp³-hybridized carbons (Fsp3) is 0.500. The van der Waals surface area contributed by atoms with Crippen LogP contribution in [0.3, 0.4) is 0 Å². The minimum Gasteiger partial charge on any atom is -0.396 e. The van der Waals surface area contributed by atoms with Crippen molar-refractivity contribution in [3.63, 3.8) is 0 Å². The second kappa shape index (κ2) is 6.85. The van der Waals surface area contributed by atoms with Crippen molar-refractivity contribution in [2.45, 2.75) is 19.3 Å². The molecule has 0 saturated heterocycles. The standard InChI is InChI=1S/C12H19N3O2/c1-15(7-3-2-4-8-16)11-6-5-10(9-14-11)12(13)17/h5-6,9,16H,2-4,7-8H2,1H3,(H2,13,17). The molecule has 94 valence electrons. The number of nitrogens with zero attached hydrogens (tertiary/aromatic N) is 2. The van der Waals surface area contributed by atoms with Gasteiger partial charge in [-0.05, 0) is 31.4 Å². The second-order valence-corrected chi connectivity index (χ2v) is 3.98. The van der Waals surface area contributed by atoms with E-state index in [-0.39, 0.29) is 6.61 Å². The number of hydrogen-bond donors (Lipinski definition) is 2. The molecule has 5 heteroatoms. The van der Waals surface area contributed by atoms with Gasteiger partial charge in [-0.2, -0.15) is 0 Å². The number of carbonyl (C=O) groups is 1. The summed E-state index contributed by atoms with van der Waals surface area (Å²) in [4.78, 5) is 17.1. The summed E-state index contributed by atoms with van der Waals surface area (Å²) in [7, 11) is 1.95. The van der Waals surface area contributed by atoms with E-state index in [0.29, 0.717) is 5.56 Å². The van der Waals surface area contributed by atoms with Gasteiger partial charge in [-0.25, -0.2) is 4.98 Å². The van der Waals surface area contributed by atoms with Crippen molar-refractivity contribution in [3.8, 4) is 0 Å². The average molecular weight is 237 g/mol. The molecule has 1 heterocycles. The van der Waals surface area contributed by atoms with Crippen molar-refractivity contribution in [1.82, 2.24) is 4.98 Å². The average Bonchev–Trinajstić information content (AvgIpc) is 2.34. The van der Waals surface area contributed by atoms with E-state index in [2.05, 4.69) is 4.98 Å². The predicted molar refractivity (Wildman–Crippen MR) is 67.0 cm³/mol. The van der Waals surface area contributed by atoms with Crippen LogP contribution in [0.15, 0.2) is 18.3 Å². The number of aliphatic hydroxyl groups excluding tert-OH is 1. The number of nitrogens with two attached hydrogens (primary N) is 1. The van der Waals surface area contributed by atoms with E-state index in [9.17, 15) is 4.79 Å². The first-order valence-electron chi connectivity index (χ1n) is 5.73. The van der Waals surface area contributed by atoms with Crippen LogP contribution in [0.2, 0.25) is 0 Å². The van der Waals surface area contributed by atoms with E-state index in [4.69, 9.17) is 10.8 Å². The molecule has 1 aromatic heterocycles. The number of anilines is 1. The molecule has 0 aliphatic carbocycles. The summed E-state index contributed by atoms with van der Waals surface area (Å²) >= 11 is 0. The van der Waals surface area contributed by atoms with E-state index >= 15 is 0 Å². The van der Waals surface area contributed by atoms with E-state index in [1.54, 1.807) is 12.1 Å². The van der Waals surface area contributed by atoms with Crippen molar-refractivity contribution in [2.24, 2.45) is 5.73 Å². The van der Waals surface area contributed by atoms with Gasteiger partial charge in [0.2, 0.25) is 5.91 Å². The van der Waals surface area contributed by atoms with Crippen molar-refractivity contribution < 1.29 is 9.90 Å². The molecule has 1 amide bonds. The Bertz CT molecular complexity index is 351. The minimum absolute atomic E-state index is 0.245. The fourth-order valence-electron chi connectivity index (χ4n) is 1.51. The highest BCUT2D eigenvalue weighted by atomic mass is 16.2. The zero-order valence-electron chi connectivity index (χ0n) is 10.1. The summed E-state index contributed by atoms with van der Waals surface area (Å²) in [6.45, 7) is 1.12. The first-order valence-corrected chi connectivity index (χ1v) is 5.73. The molecule has 0 atom stereocenters. The van der Waals surface area contributed by atoms with Gasteiger partial charge in [-0.15, -0.1) is 0 Å². The number of pyridine rings is 1. The maximum Gasteiger partial charge on any atom is 0.250 e. The molecule has 1 rings (SSSR count). The molecule has 0 aromatic carbocycles. The van der Waals surface area contributed by atoms with Gasteiger partial charge in [0.15, 0.2) is 0 Å². The number of aromatic nitrogens is 1. The Morgan fingerprint density at radius 3 is 2.71 bits per heavy atom. The highest BCUT2D eigenvalue weighted by Gasteiger charge is 2.04. The first-order chi connectivity index (χ1) is 8.15. The van der Waals surface area contributed by atoms with E-state index in [1.165, 1.54) is 6.20 Å². The molecule has 5 nitrogen and oxygen atoms in total. The van der Waals surface area contributed by atoms with Crippen LogP contribution in [-0.2, 0) is 0 Å². The lowest BCUT2D eigenvalue weighted by Crippen LogP contribution is -2.20. The molecule has 0 fully saturated rings. The van der Waals surface area contributed by atoms with Crippen molar-refractivity contribution >= 4 is 11.7 Å². The summed E-state index contributed by atoms with van der Waals surface area (Å²) in [5.41, 5.74) is 5.56. The Balaban J connectivity index is 2.46. The monoisotopic (exact) mass is 237 g/mol. The third kappa shape index (κ3) is 4.40. The van der Waals surface area contributed by atoms with Crippen LogP contribution >= 0.6 is 0 Å². The molecular weight excluding hydrogens is 218 g/mol. The number of rotatable bonds is 7. The Morgan fingerprint density at radius 1 is 1.41 bits per heavy atom. The van der Waals surface area contributed by atoms with Gasteiger partial charge < -0.3 is 15.7 Å². The number of unbranched alkanes of at least 4 members (excludes halogenated alkanes) is 2. The SMILES string of the molecule is CN(CCCCCO)c1ccc(C(N)=O)cn1. The highest BCUT2D eigenvalue weighted by Crippen LogP contribution is 2.10. The lowest BCUT2D eigenvalue weighted by atomic mass is 10.2. The lowest BCUT2D eigenvalue weighted by molar-refractivity contribution is 0.1000. The van der Waals surface area contributed by atoms with Crippen molar-refractivity contribution in [2.75, 3.05) is 25.1 Å². The predicted octanol–water partition coefficient (Wildman–Crippen LogP) is 0.779. The molecule has 1 aromatic rings. The van der Waals surface area contributed by atoms with Crippen molar-refractivity contribution in [1.29, 1.82) is 0 Å². The maximum absolute atomic E-state index is 10.9. The Labute approximate surface area is 101 Å². The molecule has 17 heavy (non-hydrogen) atoms. The van der Waals surface area contributed by atoms with Gasteiger partial charge in [-0.1, -0.05) is 0 Å². The van der Waals surface area contributed by atoms with Gasteiger partial charge in [0.25, 0.3) is 0 Å². The molecule has 0 aliphatic heterocycles. The zero-order chi connectivity index (χ0) is 12.7. The van der Waals surface area contributed by atoms with Crippen LogP contribution in [0.5, 0.6) is 0 Å². The number of primary amides is 1. The Kier molecular flexibility index (Phi) is 5.42. The summed E-state index contributed by atoms with van der Waals surface area (Å²) in [6, 6.07) is 3.46. The maximum atomic E-state index is 10.9. The second-order valence-electron chi connectivity index (χ2n) is 3.98. The van der Waals surface area contributed by atoms with E-state index in [0.717, 1.165) is 31.6 Å². The number of aliphatic hydroxyl groups is 1. The minimum atomic E-state index is -0.463. The van der Waals surface area contributed by atoms with Crippen LogP contribution in [0.4, 0.5) is 5.82 Å². The molecule has 0 saturated carbocycles.